The first-order valence-electron chi connectivity index (χ1n) is 5.42. The summed E-state index contributed by atoms with van der Waals surface area (Å²) >= 11 is 0. The Kier molecular flexibility index (Phi) is 5.44. The highest BCUT2D eigenvalue weighted by Gasteiger charge is 2.25. The minimum atomic E-state index is -4.47. The van der Waals surface area contributed by atoms with Crippen LogP contribution in [0.25, 0.3) is 0 Å². The number of nitro groups is 1. The number of carbonyl (C=O) groups excluding carboxylic acids is 1. The lowest BCUT2D eigenvalue weighted by Gasteiger charge is -2.08. The van der Waals surface area contributed by atoms with Crippen LogP contribution in [0.1, 0.15) is 6.42 Å². The smallest absolute Gasteiger partial charge is 0.312 e. The fraction of sp³-hybridized carbons (Fsp3) is 0.300. The van der Waals surface area contributed by atoms with E-state index in [-0.39, 0.29) is 18.9 Å². The molecule has 1 rings (SSSR count). The molecule has 0 saturated heterocycles. The SMILES string of the molecule is CNC(=O)CCOc1cc(F)c(S(=O)(=O)Cl)cc1[N+](=O)[O-]. The number of nitrogens with zero attached hydrogens (tertiary/aromatic N) is 1. The summed E-state index contributed by atoms with van der Waals surface area (Å²) in [6, 6.07) is 1.00. The number of nitrogens with one attached hydrogen (secondary N) is 1. The molecule has 21 heavy (non-hydrogen) atoms. The highest BCUT2D eigenvalue weighted by molar-refractivity contribution is 8.13. The summed E-state index contributed by atoms with van der Waals surface area (Å²) in [5.74, 6) is -2.16. The van der Waals surface area contributed by atoms with Crippen LogP contribution >= 0.6 is 10.7 Å². The summed E-state index contributed by atoms with van der Waals surface area (Å²) < 4.78 is 40.7. The third-order valence-electron chi connectivity index (χ3n) is 2.34. The first kappa shape index (κ1) is 17.1. The van der Waals surface area contributed by atoms with E-state index in [0.717, 1.165) is 0 Å². The van der Waals surface area contributed by atoms with E-state index in [4.69, 9.17) is 15.4 Å². The summed E-state index contributed by atoms with van der Waals surface area (Å²) in [5, 5.41) is 13.2. The van der Waals surface area contributed by atoms with Gasteiger partial charge in [-0.25, -0.2) is 12.8 Å². The Bertz CT molecular complexity index is 678. The van der Waals surface area contributed by atoms with Crippen LogP contribution in [0.2, 0.25) is 0 Å². The normalized spacial score (nSPS) is 11.0. The minimum absolute atomic E-state index is 0.106. The van der Waals surface area contributed by atoms with Gasteiger partial charge in [-0.3, -0.25) is 14.9 Å². The number of halogens is 2. The van der Waals surface area contributed by atoms with E-state index in [2.05, 4.69) is 5.32 Å². The predicted molar refractivity (Wildman–Crippen MR) is 70.3 cm³/mol. The van der Waals surface area contributed by atoms with E-state index in [0.29, 0.717) is 12.1 Å². The highest BCUT2D eigenvalue weighted by Crippen LogP contribution is 2.33. The Morgan fingerprint density at radius 1 is 1.52 bits per heavy atom. The molecule has 1 amide bonds. The van der Waals surface area contributed by atoms with Crippen molar-refractivity contribution in [1.82, 2.24) is 5.32 Å². The van der Waals surface area contributed by atoms with Crippen molar-refractivity contribution in [3.8, 4) is 5.75 Å². The van der Waals surface area contributed by atoms with Gasteiger partial charge in [0.2, 0.25) is 5.91 Å². The fourth-order valence-electron chi connectivity index (χ4n) is 1.35. The number of amides is 1. The molecule has 116 valence electrons. The minimum Gasteiger partial charge on any atom is -0.486 e. The fourth-order valence-corrected chi connectivity index (χ4v) is 2.25. The second-order valence-corrected chi connectivity index (χ2v) is 6.25. The molecule has 0 atom stereocenters. The van der Waals surface area contributed by atoms with Gasteiger partial charge in [-0.1, -0.05) is 0 Å². The molecular formula is C10H10ClFN2O6S. The van der Waals surface area contributed by atoms with Crippen molar-refractivity contribution in [2.75, 3.05) is 13.7 Å². The molecule has 0 heterocycles. The van der Waals surface area contributed by atoms with E-state index in [1.54, 1.807) is 0 Å². The maximum atomic E-state index is 13.6. The number of carbonyl (C=O) groups is 1. The molecule has 0 aromatic heterocycles. The van der Waals surface area contributed by atoms with E-state index < -0.39 is 36.1 Å². The van der Waals surface area contributed by atoms with Crippen LogP contribution in [0.3, 0.4) is 0 Å². The molecule has 0 aliphatic rings. The molecule has 1 aromatic carbocycles. The van der Waals surface area contributed by atoms with Gasteiger partial charge in [-0.05, 0) is 0 Å². The number of nitro benzene ring substituents is 1. The summed E-state index contributed by atoms with van der Waals surface area (Å²) in [4.78, 5) is 19.9. The molecule has 0 aliphatic carbocycles. The third kappa shape index (κ3) is 4.53. The molecule has 11 heteroatoms. The molecular weight excluding hydrogens is 331 g/mol. The van der Waals surface area contributed by atoms with Crippen LogP contribution in [0, 0.1) is 15.9 Å². The molecule has 1 N–H and O–H groups in total. The van der Waals surface area contributed by atoms with Gasteiger partial charge >= 0.3 is 5.69 Å². The highest BCUT2D eigenvalue weighted by atomic mass is 35.7. The van der Waals surface area contributed by atoms with Crippen LogP contribution in [0.15, 0.2) is 17.0 Å². The Labute approximate surface area is 123 Å². The maximum Gasteiger partial charge on any atom is 0.312 e. The second kappa shape index (κ2) is 6.68. The molecule has 1 aromatic rings. The van der Waals surface area contributed by atoms with Crippen molar-refractivity contribution >= 4 is 31.3 Å². The first-order chi connectivity index (χ1) is 9.66. The van der Waals surface area contributed by atoms with E-state index in [1.165, 1.54) is 7.05 Å². The van der Waals surface area contributed by atoms with E-state index in [9.17, 15) is 27.7 Å². The van der Waals surface area contributed by atoms with Gasteiger partial charge in [0.05, 0.1) is 18.0 Å². The average Bonchev–Trinajstić information content (AvgIpc) is 2.36. The van der Waals surface area contributed by atoms with Gasteiger partial charge in [-0.15, -0.1) is 0 Å². The summed E-state index contributed by atoms with van der Waals surface area (Å²) in [5.41, 5.74) is -0.771. The van der Waals surface area contributed by atoms with Gasteiger partial charge in [0.25, 0.3) is 9.05 Å². The van der Waals surface area contributed by atoms with Gasteiger partial charge < -0.3 is 10.1 Å². The Morgan fingerprint density at radius 2 is 2.14 bits per heavy atom. The number of ether oxygens (including phenoxy) is 1. The number of rotatable bonds is 6. The third-order valence-corrected chi connectivity index (χ3v) is 3.68. The zero-order valence-corrected chi connectivity index (χ0v) is 12.2. The lowest BCUT2D eigenvalue weighted by atomic mass is 10.3. The molecule has 8 nitrogen and oxygen atoms in total. The zero-order valence-electron chi connectivity index (χ0n) is 10.6. The predicted octanol–water partition coefficient (Wildman–Crippen LogP) is 1.18. The second-order valence-electron chi connectivity index (χ2n) is 3.72. The lowest BCUT2D eigenvalue weighted by molar-refractivity contribution is -0.386. The van der Waals surface area contributed by atoms with Crippen LogP contribution in [0.5, 0.6) is 5.75 Å². The first-order valence-corrected chi connectivity index (χ1v) is 7.73. The van der Waals surface area contributed by atoms with Crippen molar-refractivity contribution in [2.24, 2.45) is 0 Å². The van der Waals surface area contributed by atoms with Crippen LogP contribution < -0.4 is 10.1 Å². The molecule has 0 spiro atoms. The van der Waals surface area contributed by atoms with E-state index in [1.807, 2.05) is 0 Å². The van der Waals surface area contributed by atoms with Crippen molar-refractivity contribution in [3.05, 3.63) is 28.1 Å². The Morgan fingerprint density at radius 3 is 2.62 bits per heavy atom. The Balaban J connectivity index is 3.12. The van der Waals surface area contributed by atoms with Gasteiger partial charge in [0, 0.05) is 29.9 Å². The molecule has 0 aliphatic heterocycles. The Hall–Kier alpha value is -1.94. The molecule has 0 unspecified atom stereocenters. The van der Waals surface area contributed by atoms with Crippen molar-refractivity contribution in [2.45, 2.75) is 11.3 Å². The van der Waals surface area contributed by atoms with Crippen molar-refractivity contribution in [1.29, 1.82) is 0 Å². The summed E-state index contributed by atoms with van der Waals surface area (Å²) in [7, 11) is 1.90. The molecule has 0 saturated carbocycles. The lowest BCUT2D eigenvalue weighted by Crippen LogP contribution is -2.20. The number of benzene rings is 1. The quantitative estimate of drug-likeness (QED) is 0.472. The number of hydrogen-bond donors (Lipinski definition) is 1. The van der Waals surface area contributed by atoms with Crippen LogP contribution in [-0.2, 0) is 13.8 Å². The molecule has 0 fully saturated rings. The average molecular weight is 341 g/mol. The van der Waals surface area contributed by atoms with Crippen molar-refractivity contribution in [3.63, 3.8) is 0 Å². The number of hydrogen-bond acceptors (Lipinski definition) is 6. The summed E-state index contributed by atoms with van der Waals surface area (Å²) in [6.07, 6.45) is -0.106. The largest absolute Gasteiger partial charge is 0.486 e. The standard InChI is InChI=1S/C10H10ClFN2O6S/c1-13-10(15)2-3-20-8-4-6(12)9(21(11,18)19)5-7(8)14(16)17/h4-5H,2-3H2,1H3,(H,13,15). The van der Waals surface area contributed by atoms with Crippen LogP contribution in [-0.4, -0.2) is 32.9 Å². The van der Waals surface area contributed by atoms with Gasteiger partial charge in [0.15, 0.2) is 5.75 Å². The van der Waals surface area contributed by atoms with Gasteiger partial charge in [0.1, 0.15) is 10.7 Å². The van der Waals surface area contributed by atoms with Gasteiger partial charge in [-0.2, -0.15) is 0 Å². The molecule has 0 radical (unpaired) electrons. The monoisotopic (exact) mass is 340 g/mol. The van der Waals surface area contributed by atoms with Crippen LogP contribution in [0.4, 0.5) is 10.1 Å². The van der Waals surface area contributed by atoms with Crippen molar-refractivity contribution < 1.29 is 27.3 Å². The summed E-state index contributed by atoms with van der Waals surface area (Å²) in [6.45, 7) is -0.243. The topological polar surface area (TPSA) is 116 Å². The maximum absolute atomic E-state index is 13.6. The van der Waals surface area contributed by atoms with E-state index >= 15 is 0 Å². The zero-order chi connectivity index (χ0) is 16.2. The molecule has 0 bridgehead atoms.